The summed E-state index contributed by atoms with van der Waals surface area (Å²) >= 11 is 0. The highest BCUT2D eigenvalue weighted by atomic mass is 32.2. The molecule has 1 fully saturated rings. The van der Waals surface area contributed by atoms with Crippen LogP contribution in [0.25, 0.3) is 0 Å². The highest BCUT2D eigenvalue weighted by Gasteiger charge is 2.27. The van der Waals surface area contributed by atoms with Crippen LogP contribution < -0.4 is 15.8 Å². The molecule has 0 amide bonds. The quantitative estimate of drug-likeness (QED) is 0.648. The number of primary sulfonamides is 1. The number of ether oxygens (including phenoxy) is 1. The van der Waals surface area contributed by atoms with Crippen molar-refractivity contribution in [3.8, 4) is 0 Å². The van der Waals surface area contributed by atoms with E-state index in [0.29, 0.717) is 24.5 Å². The van der Waals surface area contributed by atoms with Gasteiger partial charge in [0.25, 0.3) is 0 Å². The molecule has 0 bridgehead atoms. The average Bonchev–Trinajstić information content (AvgIpc) is 2.39. The van der Waals surface area contributed by atoms with Crippen molar-refractivity contribution in [3.05, 3.63) is 18.2 Å². The smallest absolute Gasteiger partial charge is 0.238 e. The predicted octanol–water partition coefficient (Wildman–Crippen LogP) is -0.498. The van der Waals surface area contributed by atoms with Gasteiger partial charge in [-0.1, -0.05) is 0 Å². The summed E-state index contributed by atoms with van der Waals surface area (Å²) in [7, 11) is -3.78. The van der Waals surface area contributed by atoms with Crippen LogP contribution in [0.2, 0.25) is 0 Å². The zero-order chi connectivity index (χ0) is 14.9. The fourth-order valence-corrected chi connectivity index (χ4v) is 2.75. The van der Waals surface area contributed by atoms with E-state index < -0.39 is 10.0 Å². The third-order valence-electron chi connectivity index (χ3n) is 3.35. The van der Waals surface area contributed by atoms with Crippen molar-refractivity contribution >= 4 is 21.4 Å². The summed E-state index contributed by atoms with van der Waals surface area (Å²) in [5, 5.41) is 14.3. The van der Waals surface area contributed by atoms with Gasteiger partial charge >= 0.3 is 0 Å². The van der Waals surface area contributed by atoms with E-state index >= 15 is 0 Å². The molecular formula is C12H19N3O4S. The molecule has 1 saturated heterocycles. The fourth-order valence-electron chi connectivity index (χ4n) is 2.21. The number of hydrogen-bond acceptors (Lipinski definition) is 6. The van der Waals surface area contributed by atoms with Crippen molar-refractivity contribution in [1.82, 2.24) is 0 Å². The van der Waals surface area contributed by atoms with Crippen LogP contribution in [0, 0.1) is 0 Å². The van der Waals surface area contributed by atoms with E-state index in [1.165, 1.54) is 18.2 Å². The molecule has 5 N–H and O–H groups in total. The molecule has 1 aromatic carbocycles. The van der Waals surface area contributed by atoms with Gasteiger partial charge in [-0.3, -0.25) is 0 Å². The Morgan fingerprint density at radius 3 is 2.80 bits per heavy atom. The van der Waals surface area contributed by atoms with Crippen LogP contribution in [0.5, 0.6) is 0 Å². The number of nitrogens with zero attached hydrogens (tertiary/aromatic N) is 1. The highest BCUT2D eigenvalue weighted by Crippen LogP contribution is 2.30. The van der Waals surface area contributed by atoms with Crippen molar-refractivity contribution < 1.29 is 18.3 Å². The van der Waals surface area contributed by atoms with Gasteiger partial charge in [-0.05, 0) is 25.1 Å². The molecule has 8 heteroatoms. The van der Waals surface area contributed by atoms with Gasteiger partial charge in [-0.15, -0.1) is 0 Å². The SMILES string of the molecule is CC1COC(CO)CN1c1cc(S(N)(=O)=O)ccc1N. The van der Waals surface area contributed by atoms with Crippen LogP contribution in [0.1, 0.15) is 6.92 Å². The third kappa shape index (κ3) is 3.04. The van der Waals surface area contributed by atoms with Gasteiger partial charge in [0.05, 0.1) is 35.6 Å². The van der Waals surface area contributed by atoms with E-state index in [1.54, 1.807) is 0 Å². The Bertz CT molecular complexity index is 590. The summed E-state index contributed by atoms with van der Waals surface area (Å²) in [5.41, 5.74) is 6.98. The van der Waals surface area contributed by atoms with Crippen molar-refractivity contribution in [2.45, 2.75) is 24.0 Å². The lowest BCUT2D eigenvalue weighted by molar-refractivity contribution is -0.0103. The molecule has 0 saturated carbocycles. The molecule has 2 rings (SSSR count). The Hall–Kier alpha value is -1.35. The standard InChI is InChI=1S/C12H19N3O4S/c1-8-7-19-9(6-16)5-15(8)12-4-10(20(14,17)18)2-3-11(12)13/h2-4,8-9,16H,5-7,13H2,1H3,(H2,14,17,18). The summed E-state index contributed by atoms with van der Waals surface area (Å²) in [6.45, 7) is 2.72. The Labute approximate surface area is 118 Å². The normalized spacial score (nSPS) is 23.9. The molecule has 1 aliphatic heterocycles. The molecule has 1 aliphatic rings. The highest BCUT2D eigenvalue weighted by molar-refractivity contribution is 7.89. The van der Waals surface area contributed by atoms with Crippen LogP contribution >= 0.6 is 0 Å². The van der Waals surface area contributed by atoms with E-state index in [0.717, 1.165) is 0 Å². The first-order chi connectivity index (χ1) is 9.32. The predicted molar refractivity (Wildman–Crippen MR) is 75.9 cm³/mol. The maximum Gasteiger partial charge on any atom is 0.238 e. The van der Waals surface area contributed by atoms with E-state index in [1.807, 2.05) is 11.8 Å². The number of nitrogen functional groups attached to an aromatic ring is 1. The summed E-state index contributed by atoms with van der Waals surface area (Å²) in [6, 6.07) is 4.38. The molecule has 2 atom stereocenters. The molecule has 0 aromatic heterocycles. The summed E-state index contributed by atoms with van der Waals surface area (Å²) in [6.07, 6.45) is -0.316. The number of aliphatic hydroxyl groups excluding tert-OH is 1. The molecule has 1 aromatic rings. The number of benzene rings is 1. The van der Waals surface area contributed by atoms with E-state index in [2.05, 4.69) is 0 Å². The number of anilines is 2. The molecular weight excluding hydrogens is 282 g/mol. The molecule has 0 spiro atoms. The van der Waals surface area contributed by atoms with E-state index in [-0.39, 0.29) is 23.6 Å². The lowest BCUT2D eigenvalue weighted by Gasteiger charge is -2.39. The van der Waals surface area contributed by atoms with Crippen LogP contribution in [-0.2, 0) is 14.8 Å². The zero-order valence-corrected chi connectivity index (χ0v) is 12.0. The third-order valence-corrected chi connectivity index (χ3v) is 4.26. The van der Waals surface area contributed by atoms with E-state index in [9.17, 15) is 13.5 Å². The number of morpholine rings is 1. The number of aliphatic hydroxyl groups is 1. The number of hydrogen-bond donors (Lipinski definition) is 3. The maximum absolute atomic E-state index is 11.4. The topological polar surface area (TPSA) is 119 Å². The van der Waals surface area contributed by atoms with Gasteiger partial charge in [0.2, 0.25) is 10.0 Å². The van der Waals surface area contributed by atoms with Gasteiger partial charge in [0.15, 0.2) is 0 Å². The number of sulfonamides is 1. The Morgan fingerprint density at radius 2 is 2.20 bits per heavy atom. The first-order valence-corrected chi connectivity index (χ1v) is 7.79. The average molecular weight is 301 g/mol. The monoisotopic (exact) mass is 301 g/mol. The summed E-state index contributed by atoms with van der Waals surface area (Å²) < 4.78 is 28.3. The largest absolute Gasteiger partial charge is 0.397 e. The zero-order valence-electron chi connectivity index (χ0n) is 11.2. The first kappa shape index (κ1) is 15.0. The minimum Gasteiger partial charge on any atom is -0.397 e. The molecule has 112 valence electrons. The maximum atomic E-state index is 11.4. The van der Waals surface area contributed by atoms with Gasteiger partial charge in [0.1, 0.15) is 0 Å². The van der Waals surface area contributed by atoms with E-state index in [4.69, 9.17) is 15.6 Å². The lowest BCUT2D eigenvalue weighted by Crippen LogP contribution is -2.49. The summed E-state index contributed by atoms with van der Waals surface area (Å²) in [5.74, 6) is 0. The number of rotatable bonds is 3. The van der Waals surface area contributed by atoms with Gasteiger partial charge in [-0.2, -0.15) is 0 Å². The molecule has 0 aliphatic carbocycles. The van der Waals surface area contributed by atoms with Crippen LogP contribution in [0.4, 0.5) is 11.4 Å². The molecule has 1 heterocycles. The fraction of sp³-hybridized carbons (Fsp3) is 0.500. The number of nitrogens with two attached hydrogens (primary N) is 2. The summed E-state index contributed by atoms with van der Waals surface area (Å²) in [4.78, 5) is 1.94. The van der Waals surface area contributed by atoms with Crippen LogP contribution in [0.15, 0.2) is 23.1 Å². The minimum atomic E-state index is -3.78. The van der Waals surface area contributed by atoms with Crippen LogP contribution in [-0.4, -0.2) is 45.4 Å². The lowest BCUT2D eigenvalue weighted by atomic mass is 10.1. The molecule has 2 unspecified atom stereocenters. The molecule has 7 nitrogen and oxygen atoms in total. The molecule has 0 radical (unpaired) electrons. The first-order valence-electron chi connectivity index (χ1n) is 6.24. The van der Waals surface area contributed by atoms with Crippen molar-refractivity contribution in [2.75, 3.05) is 30.4 Å². The minimum absolute atomic E-state index is 0.0148. The van der Waals surface area contributed by atoms with Crippen molar-refractivity contribution in [1.29, 1.82) is 0 Å². The van der Waals surface area contributed by atoms with Crippen molar-refractivity contribution in [2.24, 2.45) is 5.14 Å². The second kappa shape index (κ2) is 5.57. The second-order valence-electron chi connectivity index (χ2n) is 4.90. The van der Waals surface area contributed by atoms with Gasteiger partial charge < -0.3 is 20.5 Å². The Morgan fingerprint density at radius 1 is 1.50 bits per heavy atom. The molecule has 20 heavy (non-hydrogen) atoms. The second-order valence-corrected chi connectivity index (χ2v) is 6.47. The Balaban J connectivity index is 2.40. The van der Waals surface area contributed by atoms with Gasteiger partial charge in [0, 0.05) is 12.6 Å². The van der Waals surface area contributed by atoms with Gasteiger partial charge in [-0.25, -0.2) is 13.6 Å². The van der Waals surface area contributed by atoms with Crippen LogP contribution in [0.3, 0.4) is 0 Å². The van der Waals surface area contributed by atoms with Crippen molar-refractivity contribution in [3.63, 3.8) is 0 Å². The Kier molecular flexibility index (Phi) is 4.19.